The minimum absolute atomic E-state index is 0.199. The molecule has 0 aromatic heterocycles. The number of hydrogen-bond acceptors (Lipinski definition) is 3. The summed E-state index contributed by atoms with van der Waals surface area (Å²) in [5.74, 6) is 0.358. The molecule has 1 fully saturated rings. The number of carbonyl (C=O) groups excluding carboxylic acids is 1. The first-order valence-corrected chi connectivity index (χ1v) is 8.64. The van der Waals surface area contributed by atoms with Crippen molar-refractivity contribution in [2.75, 3.05) is 19.7 Å². The highest BCUT2D eigenvalue weighted by Crippen LogP contribution is 2.17. The molecule has 0 aliphatic carbocycles. The van der Waals surface area contributed by atoms with Gasteiger partial charge in [0.1, 0.15) is 5.78 Å². The molecule has 1 rings (SSSR count). The van der Waals surface area contributed by atoms with Gasteiger partial charge in [-0.3, -0.25) is 9.69 Å². The highest BCUT2D eigenvalue weighted by molar-refractivity contribution is 5.80. The topological polar surface area (TPSA) is 40.5 Å². The highest BCUT2D eigenvalue weighted by atomic mass is 16.3. The lowest BCUT2D eigenvalue weighted by Gasteiger charge is -2.21. The van der Waals surface area contributed by atoms with Gasteiger partial charge >= 0.3 is 0 Å². The van der Waals surface area contributed by atoms with Crippen molar-refractivity contribution in [2.24, 2.45) is 0 Å². The Morgan fingerprint density at radius 1 is 1.10 bits per heavy atom. The fraction of sp³-hybridized carbons (Fsp3) is 0.941. The van der Waals surface area contributed by atoms with Crippen LogP contribution in [0.2, 0.25) is 0 Å². The van der Waals surface area contributed by atoms with Gasteiger partial charge in [-0.1, -0.05) is 51.9 Å². The summed E-state index contributed by atoms with van der Waals surface area (Å²) in [7, 11) is 0. The van der Waals surface area contributed by atoms with Crippen molar-refractivity contribution in [1.29, 1.82) is 0 Å². The van der Waals surface area contributed by atoms with Gasteiger partial charge in [0.15, 0.2) is 0 Å². The van der Waals surface area contributed by atoms with Gasteiger partial charge in [-0.25, -0.2) is 0 Å². The maximum Gasteiger partial charge on any atom is 0.146 e. The second-order valence-corrected chi connectivity index (χ2v) is 6.21. The minimum atomic E-state index is 0.199. The van der Waals surface area contributed by atoms with E-state index in [1.807, 2.05) is 0 Å². The van der Waals surface area contributed by atoms with Gasteiger partial charge in [0.2, 0.25) is 0 Å². The van der Waals surface area contributed by atoms with Crippen LogP contribution in [0.1, 0.15) is 77.6 Å². The number of nitrogens with zero attached hydrogens (tertiary/aromatic N) is 1. The van der Waals surface area contributed by atoms with Gasteiger partial charge in [0, 0.05) is 12.5 Å². The van der Waals surface area contributed by atoms with Gasteiger partial charge in [-0.2, -0.15) is 0 Å². The molecule has 1 heterocycles. The van der Waals surface area contributed by atoms with E-state index >= 15 is 0 Å². The van der Waals surface area contributed by atoms with E-state index in [1.165, 1.54) is 44.9 Å². The zero-order valence-corrected chi connectivity index (χ0v) is 13.3. The van der Waals surface area contributed by atoms with Crippen LogP contribution in [0.3, 0.4) is 0 Å². The number of Topliss-reactive ketones (excluding diaryl/α,β-unsaturated/α-hetero) is 1. The van der Waals surface area contributed by atoms with Crippen LogP contribution < -0.4 is 0 Å². The molecule has 20 heavy (non-hydrogen) atoms. The third kappa shape index (κ3) is 7.39. The molecule has 1 unspecified atom stereocenters. The third-order valence-electron chi connectivity index (χ3n) is 4.40. The number of ketones is 1. The van der Waals surface area contributed by atoms with Gasteiger partial charge in [-0.15, -0.1) is 0 Å². The van der Waals surface area contributed by atoms with Gasteiger partial charge in [-0.05, 0) is 25.8 Å². The largest absolute Gasteiger partial charge is 0.395 e. The molecule has 0 bridgehead atoms. The molecule has 0 amide bonds. The molecule has 0 radical (unpaired) electrons. The summed E-state index contributed by atoms with van der Waals surface area (Å²) in [6.45, 7) is 3.98. The van der Waals surface area contributed by atoms with E-state index in [1.54, 1.807) is 0 Å². The molecule has 1 aliphatic rings. The lowest BCUT2D eigenvalue weighted by molar-refractivity contribution is -0.120. The predicted molar refractivity (Wildman–Crippen MR) is 83.9 cm³/mol. The van der Waals surface area contributed by atoms with E-state index in [-0.39, 0.29) is 12.6 Å². The van der Waals surface area contributed by atoms with Gasteiger partial charge in [0.25, 0.3) is 0 Å². The Kier molecular flexibility index (Phi) is 9.94. The first kappa shape index (κ1) is 17.6. The molecule has 0 saturated carbocycles. The summed E-state index contributed by atoms with van der Waals surface area (Å²) in [5, 5.41) is 9.23. The Morgan fingerprint density at radius 2 is 1.75 bits per heavy atom. The molecule has 118 valence electrons. The Hall–Kier alpha value is -0.410. The number of rotatable bonds is 12. The number of unbranched alkanes of at least 4 members (excludes halogenated alkanes) is 7. The highest BCUT2D eigenvalue weighted by Gasteiger charge is 2.24. The lowest BCUT2D eigenvalue weighted by atomic mass is 10.1. The smallest absolute Gasteiger partial charge is 0.146 e. The zero-order valence-electron chi connectivity index (χ0n) is 13.3. The molecule has 3 nitrogen and oxygen atoms in total. The maximum atomic E-state index is 11.9. The third-order valence-corrected chi connectivity index (χ3v) is 4.40. The van der Waals surface area contributed by atoms with Crippen LogP contribution in [0.25, 0.3) is 0 Å². The van der Waals surface area contributed by atoms with Crippen LogP contribution in [0.4, 0.5) is 0 Å². The fourth-order valence-corrected chi connectivity index (χ4v) is 3.07. The van der Waals surface area contributed by atoms with Crippen LogP contribution in [0, 0.1) is 0 Å². The van der Waals surface area contributed by atoms with Crippen LogP contribution in [-0.4, -0.2) is 41.5 Å². The summed E-state index contributed by atoms with van der Waals surface area (Å²) < 4.78 is 0. The molecule has 0 spiro atoms. The second kappa shape index (κ2) is 11.3. The summed E-state index contributed by atoms with van der Waals surface area (Å²) in [5.41, 5.74) is 0. The van der Waals surface area contributed by atoms with E-state index in [2.05, 4.69) is 11.8 Å². The summed E-state index contributed by atoms with van der Waals surface area (Å²) in [6, 6.07) is 0.234. The monoisotopic (exact) mass is 283 g/mol. The summed E-state index contributed by atoms with van der Waals surface area (Å²) >= 11 is 0. The average Bonchev–Trinajstić information content (AvgIpc) is 2.89. The van der Waals surface area contributed by atoms with Crippen LogP contribution in [0.5, 0.6) is 0 Å². The number of likely N-dealkylation sites (tertiary alicyclic amines) is 1. The molecule has 1 N–H and O–H groups in total. The van der Waals surface area contributed by atoms with Crippen molar-refractivity contribution in [3.05, 3.63) is 0 Å². The van der Waals surface area contributed by atoms with E-state index in [4.69, 9.17) is 0 Å². The molecular formula is C17H33NO2. The standard InChI is InChI=1S/C17H33NO2/c1-2-3-4-5-6-7-8-9-12-17(20)14-18-13-10-11-16(18)15-19/h16,19H,2-15H2,1H3. The normalized spacial score (nSPS) is 19.6. The maximum absolute atomic E-state index is 11.9. The predicted octanol–water partition coefficient (Wildman–Crippen LogP) is 3.54. The van der Waals surface area contributed by atoms with Crippen molar-refractivity contribution in [3.63, 3.8) is 0 Å². The summed E-state index contributed by atoms with van der Waals surface area (Å²) in [4.78, 5) is 14.1. The molecule has 1 saturated heterocycles. The van der Waals surface area contributed by atoms with E-state index in [0.717, 1.165) is 32.2 Å². The van der Waals surface area contributed by atoms with E-state index in [0.29, 0.717) is 12.3 Å². The van der Waals surface area contributed by atoms with Crippen molar-refractivity contribution in [3.8, 4) is 0 Å². The number of aliphatic hydroxyl groups excluding tert-OH is 1. The van der Waals surface area contributed by atoms with E-state index in [9.17, 15) is 9.90 Å². The molecule has 0 aromatic rings. The van der Waals surface area contributed by atoms with Crippen molar-refractivity contribution < 1.29 is 9.90 Å². The average molecular weight is 283 g/mol. The van der Waals surface area contributed by atoms with Crippen LogP contribution in [-0.2, 0) is 4.79 Å². The van der Waals surface area contributed by atoms with Crippen LogP contribution in [0.15, 0.2) is 0 Å². The second-order valence-electron chi connectivity index (χ2n) is 6.21. The SMILES string of the molecule is CCCCCCCCCCC(=O)CN1CCCC1CO. The Balaban J connectivity index is 1.95. The fourth-order valence-electron chi connectivity index (χ4n) is 3.07. The zero-order chi connectivity index (χ0) is 14.6. The molecule has 1 aliphatic heterocycles. The van der Waals surface area contributed by atoms with Gasteiger partial charge < -0.3 is 5.11 Å². The van der Waals surface area contributed by atoms with E-state index < -0.39 is 0 Å². The Labute approximate surface area is 124 Å². The first-order valence-electron chi connectivity index (χ1n) is 8.64. The molecular weight excluding hydrogens is 250 g/mol. The Morgan fingerprint density at radius 3 is 2.40 bits per heavy atom. The van der Waals surface area contributed by atoms with Crippen molar-refractivity contribution >= 4 is 5.78 Å². The number of hydrogen-bond donors (Lipinski definition) is 1. The minimum Gasteiger partial charge on any atom is -0.395 e. The van der Waals surface area contributed by atoms with Gasteiger partial charge in [0.05, 0.1) is 13.2 Å². The quantitative estimate of drug-likeness (QED) is 0.557. The molecule has 0 aromatic carbocycles. The Bertz CT molecular complexity index is 255. The van der Waals surface area contributed by atoms with Crippen molar-refractivity contribution in [1.82, 2.24) is 4.90 Å². The number of aliphatic hydroxyl groups is 1. The lowest BCUT2D eigenvalue weighted by Crippen LogP contribution is -2.36. The van der Waals surface area contributed by atoms with Crippen molar-refractivity contribution in [2.45, 2.75) is 83.6 Å². The summed E-state index contributed by atoms with van der Waals surface area (Å²) in [6.07, 6.45) is 13.1. The molecule has 3 heteroatoms. The molecule has 1 atom stereocenters. The first-order chi connectivity index (χ1) is 9.77. The van der Waals surface area contributed by atoms with Crippen LogP contribution >= 0.6 is 0 Å². The number of carbonyl (C=O) groups is 1.